The van der Waals surface area contributed by atoms with Gasteiger partial charge in [-0.1, -0.05) is 42.5 Å². The third-order valence-electron chi connectivity index (χ3n) is 3.04. The minimum Gasteiger partial charge on any atom is -0.481 e. The molecular formula is C14H13NO4. The van der Waals surface area contributed by atoms with Crippen molar-refractivity contribution in [3.8, 4) is 0 Å². The topological polar surface area (TPSA) is 80.4 Å². The van der Waals surface area contributed by atoms with Gasteiger partial charge < -0.3 is 5.11 Å². The van der Waals surface area contributed by atoms with E-state index >= 15 is 0 Å². The molecule has 1 atom stereocenters. The number of hydrogen-bond donors (Lipinski definition) is 1. The van der Waals surface area contributed by atoms with Gasteiger partial charge in [0.15, 0.2) is 0 Å². The van der Waals surface area contributed by atoms with E-state index in [1.807, 2.05) is 36.4 Å². The van der Waals surface area contributed by atoms with Crippen LogP contribution in [-0.2, 0) is 4.79 Å². The van der Waals surface area contributed by atoms with Crippen molar-refractivity contribution >= 4 is 16.7 Å². The summed E-state index contributed by atoms with van der Waals surface area (Å²) in [4.78, 5) is 21.0. The zero-order valence-electron chi connectivity index (χ0n) is 10.2. The van der Waals surface area contributed by atoms with Gasteiger partial charge in [-0.15, -0.1) is 0 Å². The summed E-state index contributed by atoms with van der Waals surface area (Å²) < 4.78 is 0. The summed E-state index contributed by atoms with van der Waals surface area (Å²) in [6, 6.07) is 13.1. The van der Waals surface area contributed by atoms with Crippen molar-refractivity contribution in [1.82, 2.24) is 0 Å². The molecule has 5 heteroatoms. The molecule has 0 heterocycles. The number of rotatable bonds is 5. The second-order valence-electron chi connectivity index (χ2n) is 4.42. The molecule has 0 aliphatic heterocycles. The number of carboxylic acid groups (broad SMARTS) is 1. The van der Waals surface area contributed by atoms with E-state index in [0.29, 0.717) is 5.56 Å². The van der Waals surface area contributed by atoms with E-state index in [-0.39, 0.29) is 13.0 Å². The van der Waals surface area contributed by atoms with Crippen molar-refractivity contribution < 1.29 is 14.8 Å². The molecule has 0 saturated carbocycles. The Bertz CT molecular complexity index is 608. The molecule has 0 radical (unpaired) electrons. The minimum absolute atomic E-state index is 0.237. The molecular weight excluding hydrogens is 246 g/mol. The van der Waals surface area contributed by atoms with E-state index in [4.69, 9.17) is 5.11 Å². The molecule has 2 aromatic rings. The van der Waals surface area contributed by atoms with E-state index in [1.165, 1.54) is 0 Å². The van der Waals surface area contributed by atoms with E-state index in [2.05, 4.69) is 0 Å². The lowest BCUT2D eigenvalue weighted by Gasteiger charge is -2.11. The van der Waals surface area contributed by atoms with Crippen LogP contribution in [0.4, 0.5) is 0 Å². The lowest BCUT2D eigenvalue weighted by Crippen LogP contribution is -2.16. The van der Waals surface area contributed by atoms with Crippen LogP contribution >= 0.6 is 0 Å². The third-order valence-corrected chi connectivity index (χ3v) is 3.04. The first-order valence-electron chi connectivity index (χ1n) is 5.88. The van der Waals surface area contributed by atoms with Gasteiger partial charge in [-0.2, -0.15) is 0 Å². The smallest absolute Gasteiger partial charge is 0.304 e. The van der Waals surface area contributed by atoms with E-state index < -0.39 is 16.8 Å². The fraction of sp³-hybridized carbons (Fsp3) is 0.214. The van der Waals surface area contributed by atoms with Crippen LogP contribution in [0.1, 0.15) is 17.9 Å². The number of nitro groups is 1. The van der Waals surface area contributed by atoms with Gasteiger partial charge >= 0.3 is 5.97 Å². The fourth-order valence-corrected chi connectivity index (χ4v) is 2.14. The molecule has 0 saturated heterocycles. The maximum Gasteiger partial charge on any atom is 0.304 e. The zero-order chi connectivity index (χ0) is 13.8. The highest BCUT2D eigenvalue weighted by molar-refractivity contribution is 5.83. The average molecular weight is 259 g/mol. The molecule has 0 amide bonds. The summed E-state index contributed by atoms with van der Waals surface area (Å²) >= 11 is 0. The first kappa shape index (κ1) is 13.0. The molecule has 2 aromatic carbocycles. The van der Waals surface area contributed by atoms with E-state index in [9.17, 15) is 14.9 Å². The highest BCUT2D eigenvalue weighted by Gasteiger charge is 2.21. The molecule has 5 nitrogen and oxygen atoms in total. The van der Waals surface area contributed by atoms with Gasteiger partial charge in [0.25, 0.3) is 0 Å². The van der Waals surface area contributed by atoms with Crippen molar-refractivity contribution in [2.45, 2.75) is 12.3 Å². The van der Waals surface area contributed by atoms with Crippen LogP contribution in [0, 0.1) is 10.1 Å². The van der Waals surface area contributed by atoms with E-state index in [0.717, 1.165) is 10.8 Å². The van der Waals surface area contributed by atoms with Gasteiger partial charge in [0.2, 0.25) is 6.54 Å². The molecule has 1 N–H and O–H groups in total. The predicted octanol–water partition coefficient (Wildman–Crippen LogP) is 2.67. The molecule has 0 aromatic heterocycles. The Morgan fingerprint density at radius 1 is 1.21 bits per heavy atom. The summed E-state index contributed by atoms with van der Waals surface area (Å²) in [6.45, 7) is -0.370. The van der Waals surface area contributed by atoms with Gasteiger partial charge in [-0.05, 0) is 16.3 Å². The van der Waals surface area contributed by atoms with Crippen molar-refractivity contribution in [3.63, 3.8) is 0 Å². The van der Waals surface area contributed by atoms with Gasteiger partial charge in [0.1, 0.15) is 0 Å². The molecule has 0 fully saturated rings. The Morgan fingerprint density at radius 2 is 1.89 bits per heavy atom. The maximum absolute atomic E-state index is 10.8. The van der Waals surface area contributed by atoms with Gasteiger partial charge in [-0.3, -0.25) is 14.9 Å². The second-order valence-corrected chi connectivity index (χ2v) is 4.42. The molecule has 0 aliphatic carbocycles. The minimum atomic E-state index is -1.03. The highest BCUT2D eigenvalue weighted by atomic mass is 16.6. The number of carboxylic acids is 1. The lowest BCUT2D eigenvalue weighted by molar-refractivity contribution is -0.483. The normalized spacial score (nSPS) is 12.2. The van der Waals surface area contributed by atoms with Crippen molar-refractivity contribution in [2.75, 3.05) is 6.54 Å². The van der Waals surface area contributed by atoms with Gasteiger partial charge in [-0.25, -0.2) is 0 Å². The maximum atomic E-state index is 10.8. The van der Waals surface area contributed by atoms with Crippen LogP contribution in [0.2, 0.25) is 0 Å². The van der Waals surface area contributed by atoms with E-state index in [1.54, 1.807) is 6.07 Å². The van der Waals surface area contributed by atoms with Gasteiger partial charge in [0.05, 0.1) is 12.3 Å². The molecule has 98 valence electrons. The lowest BCUT2D eigenvalue weighted by atomic mass is 9.93. The summed E-state index contributed by atoms with van der Waals surface area (Å²) in [6.07, 6.45) is -0.237. The number of fused-ring (bicyclic) bond motifs is 1. The quantitative estimate of drug-likeness (QED) is 0.661. The Morgan fingerprint density at radius 3 is 2.53 bits per heavy atom. The summed E-state index contributed by atoms with van der Waals surface area (Å²) in [5, 5.41) is 21.5. The monoisotopic (exact) mass is 259 g/mol. The van der Waals surface area contributed by atoms with Crippen LogP contribution in [-0.4, -0.2) is 22.5 Å². The largest absolute Gasteiger partial charge is 0.481 e. The Labute approximate surface area is 109 Å². The summed E-state index contributed by atoms with van der Waals surface area (Å²) in [7, 11) is 0. The van der Waals surface area contributed by atoms with Gasteiger partial charge in [0, 0.05) is 4.92 Å². The predicted molar refractivity (Wildman–Crippen MR) is 70.8 cm³/mol. The van der Waals surface area contributed by atoms with Crippen molar-refractivity contribution in [2.24, 2.45) is 0 Å². The Kier molecular flexibility index (Phi) is 3.75. The van der Waals surface area contributed by atoms with Crippen LogP contribution in [0.5, 0.6) is 0 Å². The van der Waals surface area contributed by atoms with Crippen molar-refractivity contribution in [3.05, 3.63) is 58.1 Å². The van der Waals surface area contributed by atoms with Crippen LogP contribution < -0.4 is 0 Å². The number of nitrogens with zero attached hydrogens (tertiary/aromatic N) is 1. The SMILES string of the molecule is O=C(O)C[C@@H](C[N+](=O)[O-])c1ccc2ccccc2c1. The summed E-state index contributed by atoms with van der Waals surface area (Å²) in [5.74, 6) is -1.63. The number of hydrogen-bond acceptors (Lipinski definition) is 3. The first-order chi connectivity index (χ1) is 9.06. The number of aliphatic carboxylic acids is 1. The zero-order valence-corrected chi connectivity index (χ0v) is 10.2. The molecule has 2 rings (SSSR count). The Hall–Kier alpha value is -2.43. The molecule has 19 heavy (non-hydrogen) atoms. The second kappa shape index (κ2) is 5.48. The molecule has 0 aliphatic rings. The fourth-order valence-electron chi connectivity index (χ4n) is 2.14. The molecule has 0 spiro atoms. The standard InChI is InChI=1S/C14H13NO4/c16-14(17)8-13(9-15(18)19)12-6-5-10-3-1-2-4-11(10)7-12/h1-7,13H,8-9H2,(H,16,17)/t13-/m0/s1. The first-order valence-corrected chi connectivity index (χ1v) is 5.88. The highest BCUT2D eigenvalue weighted by Crippen LogP contribution is 2.24. The average Bonchev–Trinajstić information content (AvgIpc) is 2.36. The summed E-state index contributed by atoms with van der Waals surface area (Å²) in [5.41, 5.74) is 0.692. The Balaban J connectivity index is 2.37. The van der Waals surface area contributed by atoms with Crippen LogP contribution in [0.15, 0.2) is 42.5 Å². The molecule has 0 bridgehead atoms. The van der Waals surface area contributed by atoms with Crippen LogP contribution in [0.3, 0.4) is 0 Å². The number of benzene rings is 2. The van der Waals surface area contributed by atoms with Crippen molar-refractivity contribution in [1.29, 1.82) is 0 Å². The van der Waals surface area contributed by atoms with Crippen LogP contribution in [0.25, 0.3) is 10.8 Å². The number of carbonyl (C=O) groups is 1. The third kappa shape index (κ3) is 3.28. The molecule has 0 unspecified atom stereocenters.